The highest BCUT2D eigenvalue weighted by Gasteiger charge is 2.13. The zero-order valence-electron chi connectivity index (χ0n) is 9.24. The monoisotopic (exact) mass is 229 g/mol. The third-order valence-electron chi connectivity index (χ3n) is 2.35. The van der Waals surface area contributed by atoms with Gasteiger partial charge in [0.15, 0.2) is 0 Å². The van der Waals surface area contributed by atoms with E-state index in [2.05, 4.69) is 10.2 Å². The summed E-state index contributed by atoms with van der Waals surface area (Å²) in [5.74, 6) is -0.0829. The molecule has 0 radical (unpaired) electrons. The molecule has 0 bridgehead atoms. The number of rotatable bonds is 2. The van der Waals surface area contributed by atoms with Gasteiger partial charge in [0.1, 0.15) is 5.75 Å². The van der Waals surface area contributed by atoms with Gasteiger partial charge < -0.3 is 10.0 Å². The van der Waals surface area contributed by atoms with Crippen molar-refractivity contribution in [3.05, 3.63) is 48.3 Å². The summed E-state index contributed by atoms with van der Waals surface area (Å²) in [4.78, 5) is 13.5. The number of aromatic nitrogens is 2. The summed E-state index contributed by atoms with van der Waals surface area (Å²) in [6.45, 7) is 0. The molecule has 0 aliphatic heterocycles. The highest BCUT2D eigenvalue weighted by Crippen LogP contribution is 2.20. The molecular weight excluding hydrogens is 218 g/mol. The molecule has 1 aromatic heterocycles. The Morgan fingerprint density at radius 2 is 2.12 bits per heavy atom. The number of hydrogen-bond donors (Lipinski definition) is 1. The van der Waals surface area contributed by atoms with Gasteiger partial charge in [-0.25, -0.2) is 0 Å². The molecule has 5 heteroatoms. The Bertz CT molecular complexity index is 528. The van der Waals surface area contributed by atoms with Crippen LogP contribution in [0.4, 0.5) is 5.69 Å². The molecule has 0 aliphatic rings. The van der Waals surface area contributed by atoms with Gasteiger partial charge in [0, 0.05) is 18.8 Å². The maximum absolute atomic E-state index is 12.0. The molecule has 0 fully saturated rings. The van der Waals surface area contributed by atoms with Crippen molar-refractivity contribution in [2.45, 2.75) is 0 Å². The van der Waals surface area contributed by atoms with Crippen LogP contribution in [0.5, 0.6) is 5.75 Å². The summed E-state index contributed by atoms with van der Waals surface area (Å²) in [6.07, 6.45) is 2.87. The van der Waals surface area contributed by atoms with Crippen molar-refractivity contribution in [1.82, 2.24) is 10.2 Å². The fraction of sp³-hybridized carbons (Fsp3) is 0.0833. The molecule has 0 unspecified atom stereocenters. The zero-order valence-corrected chi connectivity index (χ0v) is 9.24. The molecule has 2 aromatic rings. The number of carbonyl (C=O) groups excluding carboxylic acids is 1. The standard InChI is InChI=1S/C12H11N3O2/c1-15(10-3-2-4-11(16)7-10)12(17)9-5-6-13-14-8-9/h2-8,16H,1H3. The quantitative estimate of drug-likeness (QED) is 0.846. The smallest absolute Gasteiger partial charge is 0.259 e. The molecule has 86 valence electrons. The minimum Gasteiger partial charge on any atom is -0.508 e. The van der Waals surface area contributed by atoms with Crippen LogP contribution < -0.4 is 4.90 Å². The summed E-state index contributed by atoms with van der Waals surface area (Å²) >= 11 is 0. The molecule has 1 amide bonds. The van der Waals surface area contributed by atoms with Crippen LogP contribution >= 0.6 is 0 Å². The van der Waals surface area contributed by atoms with Crippen LogP contribution in [0, 0.1) is 0 Å². The van der Waals surface area contributed by atoms with Crippen molar-refractivity contribution in [3.63, 3.8) is 0 Å². The normalized spacial score (nSPS) is 9.94. The highest BCUT2D eigenvalue weighted by atomic mass is 16.3. The second-order valence-electron chi connectivity index (χ2n) is 3.52. The van der Waals surface area contributed by atoms with E-state index >= 15 is 0 Å². The Hall–Kier alpha value is -2.43. The number of amides is 1. The van der Waals surface area contributed by atoms with Crippen LogP contribution in [0.25, 0.3) is 0 Å². The van der Waals surface area contributed by atoms with Crippen LogP contribution in [0.3, 0.4) is 0 Å². The van der Waals surface area contributed by atoms with Gasteiger partial charge in [-0.3, -0.25) is 4.79 Å². The number of nitrogens with zero attached hydrogens (tertiary/aromatic N) is 3. The largest absolute Gasteiger partial charge is 0.508 e. The van der Waals surface area contributed by atoms with Gasteiger partial charge in [0.2, 0.25) is 0 Å². The van der Waals surface area contributed by atoms with Gasteiger partial charge in [0.05, 0.1) is 18.0 Å². The van der Waals surface area contributed by atoms with Crippen molar-refractivity contribution < 1.29 is 9.90 Å². The number of phenolic OH excluding ortho intramolecular Hbond substituents is 1. The molecule has 17 heavy (non-hydrogen) atoms. The maximum atomic E-state index is 12.0. The third-order valence-corrected chi connectivity index (χ3v) is 2.35. The predicted molar refractivity (Wildman–Crippen MR) is 62.9 cm³/mol. The van der Waals surface area contributed by atoms with E-state index in [4.69, 9.17) is 0 Å². The van der Waals surface area contributed by atoms with Crippen LogP contribution in [-0.2, 0) is 0 Å². The molecular formula is C12H11N3O2. The summed E-state index contributed by atoms with van der Waals surface area (Å²) in [6, 6.07) is 8.09. The Kier molecular flexibility index (Phi) is 3.00. The number of carbonyl (C=O) groups is 1. The van der Waals surface area contributed by atoms with E-state index in [1.807, 2.05) is 0 Å². The van der Waals surface area contributed by atoms with Crippen molar-refractivity contribution >= 4 is 11.6 Å². The third kappa shape index (κ3) is 2.39. The molecule has 0 aliphatic carbocycles. The molecule has 0 atom stereocenters. The van der Waals surface area contributed by atoms with Crippen LogP contribution in [0.15, 0.2) is 42.7 Å². The SMILES string of the molecule is CN(C(=O)c1ccnnc1)c1cccc(O)c1. The molecule has 1 heterocycles. The van der Waals surface area contributed by atoms with E-state index in [-0.39, 0.29) is 11.7 Å². The Morgan fingerprint density at radius 1 is 1.29 bits per heavy atom. The Balaban J connectivity index is 2.27. The first-order valence-electron chi connectivity index (χ1n) is 5.02. The number of benzene rings is 1. The lowest BCUT2D eigenvalue weighted by molar-refractivity contribution is 0.0992. The fourth-order valence-electron chi connectivity index (χ4n) is 1.43. The molecule has 1 N–H and O–H groups in total. The molecule has 5 nitrogen and oxygen atoms in total. The van der Waals surface area contributed by atoms with Crippen molar-refractivity contribution in [1.29, 1.82) is 0 Å². The van der Waals surface area contributed by atoms with Crippen LogP contribution in [0.1, 0.15) is 10.4 Å². The van der Waals surface area contributed by atoms with Crippen LogP contribution in [0.2, 0.25) is 0 Å². The highest BCUT2D eigenvalue weighted by molar-refractivity contribution is 6.05. The number of hydrogen-bond acceptors (Lipinski definition) is 4. The van der Waals surface area contributed by atoms with E-state index in [9.17, 15) is 9.90 Å². The Morgan fingerprint density at radius 3 is 2.76 bits per heavy atom. The predicted octanol–water partition coefficient (Wildman–Crippen LogP) is 1.46. The van der Waals surface area contributed by atoms with Gasteiger partial charge in [-0.05, 0) is 18.2 Å². The van der Waals surface area contributed by atoms with Gasteiger partial charge in [-0.1, -0.05) is 6.07 Å². The molecule has 2 rings (SSSR count). The number of anilines is 1. The van der Waals surface area contributed by atoms with Crippen molar-refractivity contribution in [2.75, 3.05) is 11.9 Å². The fourth-order valence-corrected chi connectivity index (χ4v) is 1.43. The first-order chi connectivity index (χ1) is 8.18. The molecule has 0 spiro atoms. The summed E-state index contributed by atoms with van der Waals surface area (Å²) in [5, 5.41) is 16.6. The van der Waals surface area contributed by atoms with Crippen molar-refractivity contribution in [2.24, 2.45) is 0 Å². The molecule has 0 saturated carbocycles. The van der Waals surface area contributed by atoms with E-state index in [0.29, 0.717) is 11.3 Å². The minimum atomic E-state index is -0.203. The van der Waals surface area contributed by atoms with Crippen molar-refractivity contribution in [3.8, 4) is 5.75 Å². The maximum Gasteiger partial charge on any atom is 0.259 e. The lowest BCUT2D eigenvalue weighted by Crippen LogP contribution is -2.26. The molecule has 0 saturated heterocycles. The lowest BCUT2D eigenvalue weighted by atomic mass is 10.2. The second-order valence-corrected chi connectivity index (χ2v) is 3.52. The van der Waals surface area contributed by atoms with Crippen LogP contribution in [-0.4, -0.2) is 28.3 Å². The van der Waals surface area contributed by atoms with Gasteiger partial charge in [-0.15, -0.1) is 0 Å². The van der Waals surface area contributed by atoms with E-state index in [1.54, 1.807) is 31.3 Å². The number of aromatic hydroxyl groups is 1. The average Bonchev–Trinajstić information content (AvgIpc) is 2.38. The van der Waals surface area contributed by atoms with Gasteiger partial charge in [-0.2, -0.15) is 10.2 Å². The van der Waals surface area contributed by atoms with E-state index in [1.165, 1.54) is 23.4 Å². The number of phenols is 1. The Labute approximate surface area is 98.3 Å². The molecule has 1 aromatic carbocycles. The first kappa shape index (κ1) is 11.1. The summed E-state index contributed by atoms with van der Waals surface area (Å²) < 4.78 is 0. The second kappa shape index (κ2) is 4.61. The van der Waals surface area contributed by atoms with E-state index in [0.717, 1.165) is 0 Å². The minimum absolute atomic E-state index is 0.120. The zero-order chi connectivity index (χ0) is 12.3. The van der Waals surface area contributed by atoms with E-state index < -0.39 is 0 Å². The summed E-state index contributed by atoms with van der Waals surface area (Å²) in [7, 11) is 1.64. The van der Waals surface area contributed by atoms with Gasteiger partial charge in [0.25, 0.3) is 5.91 Å². The lowest BCUT2D eigenvalue weighted by Gasteiger charge is -2.17. The summed E-state index contributed by atoms with van der Waals surface area (Å²) in [5.41, 5.74) is 1.07. The van der Waals surface area contributed by atoms with Gasteiger partial charge >= 0.3 is 0 Å². The first-order valence-corrected chi connectivity index (χ1v) is 5.02. The topological polar surface area (TPSA) is 66.3 Å². The average molecular weight is 229 g/mol.